The molecule has 1 saturated heterocycles. The van der Waals surface area contributed by atoms with Crippen molar-refractivity contribution in [3.8, 4) is 0 Å². The van der Waals surface area contributed by atoms with Crippen molar-refractivity contribution >= 4 is 11.8 Å². The first-order valence-electron chi connectivity index (χ1n) is 5.33. The van der Waals surface area contributed by atoms with Gasteiger partial charge in [-0.2, -0.15) is 0 Å². The molecule has 4 heteroatoms. The molecule has 1 aliphatic rings. The number of piperidine rings is 1. The summed E-state index contributed by atoms with van der Waals surface area (Å²) < 4.78 is 0. The summed E-state index contributed by atoms with van der Waals surface area (Å²) in [6.45, 7) is 5.01. The number of carbonyl (C=O) groups excluding carboxylic acids is 2. The van der Waals surface area contributed by atoms with Gasteiger partial charge < -0.3 is 10.6 Å². The van der Waals surface area contributed by atoms with Crippen LogP contribution >= 0.6 is 0 Å². The monoisotopic (exact) mass is 210 g/mol. The van der Waals surface area contributed by atoms with Crippen LogP contribution in [0.5, 0.6) is 0 Å². The molecular weight excluding hydrogens is 192 g/mol. The average molecular weight is 210 g/mol. The molecule has 0 aliphatic carbocycles. The Balaban J connectivity index is 2.38. The van der Waals surface area contributed by atoms with Crippen LogP contribution in [-0.4, -0.2) is 29.8 Å². The molecule has 1 rings (SSSR count). The Morgan fingerprint density at radius 1 is 1.53 bits per heavy atom. The molecule has 15 heavy (non-hydrogen) atoms. The highest BCUT2D eigenvalue weighted by atomic mass is 16.2. The lowest BCUT2D eigenvalue weighted by molar-refractivity contribution is -0.127. The Kier molecular flexibility index (Phi) is 4.34. The summed E-state index contributed by atoms with van der Waals surface area (Å²) in [5.74, 6) is 0.135. The molecule has 0 aromatic rings. The minimum atomic E-state index is -0.262. The summed E-state index contributed by atoms with van der Waals surface area (Å²) in [5.41, 5.74) is 5.09. The molecule has 0 bridgehead atoms. The lowest BCUT2D eigenvalue weighted by Gasteiger charge is -2.31. The number of amides is 2. The molecule has 2 N–H and O–H groups in total. The van der Waals surface area contributed by atoms with Crippen LogP contribution in [0.15, 0.2) is 12.7 Å². The van der Waals surface area contributed by atoms with Gasteiger partial charge in [-0.3, -0.25) is 9.59 Å². The standard InChI is InChI=1S/C11H18N2O2/c1-2-11(15)13-7-3-4-9(8-13)5-6-10(12)14/h2,9H,1,3-8H2,(H2,12,14). The van der Waals surface area contributed by atoms with Crippen molar-refractivity contribution < 1.29 is 9.59 Å². The Morgan fingerprint density at radius 3 is 2.87 bits per heavy atom. The van der Waals surface area contributed by atoms with Gasteiger partial charge in [-0.25, -0.2) is 0 Å². The quantitative estimate of drug-likeness (QED) is 0.693. The predicted octanol–water partition coefficient (Wildman–Crippen LogP) is 0.676. The topological polar surface area (TPSA) is 63.4 Å². The minimum absolute atomic E-state index is 0.0150. The van der Waals surface area contributed by atoms with Crippen LogP contribution in [0.2, 0.25) is 0 Å². The molecule has 1 fully saturated rings. The van der Waals surface area contributed by atoms with E-state index in [0.717, 1.165) is 32.4 Å². The molecule has 0 saturated carbocycles. The van der Waals surface area contributed by atoms with Crippen LogP contribution in [0.1, 0.15) is 25.7 Å². The highest BCUT2D eigenvalue weighted by Gasteiger charge is 2.22. The maximum absolute atomic E-state index is 11.4. The zero-order chi connectivity index (χ0) is 11.3. The third-order valence-electron chi connectivity index (χ3n) is 2.80. The van der Waals surface area contributed by atoms with E-state index in [1.54, 1.807) is 4.90 Å². The zero-order valence-corrected chi connectivity index (χ0v) is 8.95. The van der Waals surface area contributed by atoms with Crippen molar-refractivity contribution in [2.24, 2.45) is 11.7 Å². The Bertz CT molecular complexity index is 263. The smallest absolute Gasteiger partial charge is 0.245 e. The Morgan fingerprint density at radius 2 is 2.27 bits per heavy atom. The molecular formula is C11H18N2O2. The second-order valence-electron chi connectivity index (χ2n) is 4.00. The number of hydrogen-bond donors (Lipinski definition) is 1. The molecule has 0 aromatic carbocycles. The third kappa shape index (κ3) is 3.73. The normalized spacial score (nSPS) is 21.1. The van der Waals surface area contributed by atoms with Crippen LogP contribution in [0, 0.1) is 5.92 Å². The molecule has 84 valence electrons. The number of carbonyl (C=O) groups is 2. The number of primary amides is 1. The van der Waals surface area contributed by atoms with E-state index in [9.17, 15) is 9.59 Å². The van der Waals surface area contributed by atoms with Crippen molar-refractivity contribution in [1.82, 2.24) is 4.90 Å². The lowest BCUT2D eigenvalue weighted by atomic mass is 9.93. The maximum atomic E-state index is 11.4. The first-order chi connectivity index (χ1) is 7.13. The van der Waals surface area contributed by atoms with Gasteiger partial charge in [-0.15, -0.1) is 0 Å². The summed E-state index contributed by atoms with van der Waals surface area (Å²) >= 11 is 0. The first-order valence-corrected chi connectivity index (χ1v) is 5.33. The molecule has 0 spiro atoms. The number of likely N-dealkylation sites (tertiary alicyclic amines) is 1. The van der Waals surface area contributed by atoms with E-state index < -0.39 is 0 Å². The van der Waals surface area contributed by atoms with Crippen LogP contribution in [0.4, 0.5) is 0 Å². The second-order valence-corrected chi connectivity index (χ2v) is 4.00. The fourth-order valence-electron chi connectivity index (χ4n) is 1.98. The van der Waals surface area contributed by atoms with Crippen LogP contribution in [0.3, 0.4) is 0 Å². The molecule has 1 atom stereocenters. The van der Waals surface area contributed by atoms with Gasteiger partial charge in [-0.05, 0) is 31.3 Å². The largest absolute Gasteiger partial charge is 0.370 e. The van der Waals surface area contributed by atoms with E-state index in [1.165, 1.54) is 6.08 Å². The van der Waals surface area contributed by atoms with E-state index >= 15 is 0 Å². The van der Waals surface area contributed by atoms with Gasteiger partial charge in [0.05, 0.1) is 0 Å². The summed E-state index contributed by atoms with van der Waals surface area (Å²) in [5, 5.41) is 0. The minimum Gasteiger partial charge on any atom is -0.370 e. The van der Waals surface area contributed by atoms with E-state index in [4.69, 9.17) is 5.73 Å². The van der Waals surface area contributed by atoms with Crippen molar-refractivity contribution in [3.05, 3.63) is 12.7 Å². The number of nitrogens with zero attached hydrogens (tertiary/aromatic N) is 1. The second kappa shape index (κ2) is 5.53. The zero-order valence-electron chi connectivity index (χ0n) is 8.95. The van der Waals surface area contributed by atoms with Gasteiger partial charge in [0.25, 0.3) is 0 Å². The van der Waals surface area contributed by atoms with Crippen molar-refractivity contribution in [2.75, 3.05) is 13.1 Å². The van der Waals surface area contributed by atoms with Crippen LogP contribution in [-0.2, 0) is 9.59 Å². The van der Waals surface area contributed by atoms with Crippen LogP contribution in [0.25, 0.3) is 0 Å². The van der Waals surface area contributed by atoms with Crippen molar-refractivity contribution in [3.63, 3.8) is 0 Å². The van der Waals surface area contributed by atoms with Gasteiger partial charge in [-0.1, -0.05) is 6.58 Å². The summed E-state index contributed by atoms with van der Waals surface area (Å²) in [6.07, 6.45) is 4.63. The number of hydrogen-bond acceptors (Lipinski definition) is 2. The summed E-state index contributed by atoms with van der Waals surface area (Å²) in [7, 11) is 0. The lowest BCUT2D eigenvalue weighted by Crippen LogP contribution is -2.39. The maximum Gasteiger partial charge on any atom is 0.245 e. The van der Waals surface area contributed by atoms with Gasteiger partial charge in [0, 0.05) is 19.5 Å². The van der Waals surface area contributed by atoms with Gasteiger partial charge in [0.1, 0.15) is 0 Å². The van der Waals surface area contributed by atoms with E-state index in [2.05, 4.69) is 6.58 Å². The van der Waals surface area contributed by atoms with E-state index in [-0.39, 0.29) is 11.8 Å². The third-order valence-corrected chi connectivity index (χ3v) is 2.80. The van der Waals surface area contributed by atoms with Gasteiger partial charge in [0.2, 0.25) is 11.8 Å². The fourth-order valence-corrected chi connectivity index (χ4v) is 1.98. The molecule has 0 aromatic heterocycles. The van der Waals surface area contributed by atoms with Gasteiger partial charge in [0.15, 0.2) is 0 Å². The molecule has 4 nitrogen and oxygen atoms in total. The summed E-state index contributed by atoms with van der Waals surface area (Å²) in [4.78, 5) is 23.8. The molecule has 0 radical (unpaired) electrons. The summed E-state index contributed by atoms with van der Waals surface area (Å²) in [6, 6.07) is 0. The molecule has 1 unspecified atom stereocenters. The SMILES string of the molecule is C=CC(=O)N1CCCC(CCC(N)=O)C1. The number of rotatable bonds is 4. The van der Waals surface area contributed by atoms with E-state index in [1.807, 2.05) is 0 Å². The first kappa shape index (κ1) is 11.8. The predicted molar refractivity (Wildman–Crippen MR) is 57.9 cm³/mol. The Labute approximate surface area is 90.1 Å². The van der Waals surface area contributed by atoms with E-state index in [0.29, 0.717) is 12.3 Å². The molecule has 2 amide bonds. The molecule has 1 heterocycles. The highest BCUT2D eigenvalue weighted by Crippen LogP contribution is 2.20. The van der Waals surface area contributed by atoms with Gasteiger partial charge >= 0.3 is 0 Å². The molecule has 1 aliphatic heterocycles. The van der Waals surface area contributed by atoms with Crippen LogP contribution < -0.4 is 5.73 Å². The fraction of sp³-hybridized carbons (Fsp3) is 0.636. The van der Waals surface area contributed by atoms with Crippen molar-refractivity contribution in [1.29, 1.82) is 0 Å². The highest BCUT2D eigenvalue weighted by molar-refractivity contribution is 5.87. The average Bonchev–Trinajstić information content (AvgIpc) is 2.25. The Hall–Kier alpha value is -1.32. The van der Waals surface area contributed by atoms with Crippen molar-refractivity contribution in [2.45, 2.75) is 25.7 Å². The number of nitrogens with two attached hydrogens (primary N) is 1.